The van der Waals surface area contributed by atoms with E-state index in [9.17, 15) is 14.9 Å². The van der Waals surface area contributed by atoms with Gasteiger partial charge in [0.15, 0.2) is 0 Å². The maximum absolute atomic E-state index is 13.4. The van der Waals surface area contributed by atoms with Crippen molar-refractivity contribution >= 4 is 39.8 Å². The lowest BCUT2D eigenvalue weighted by atomic mass is 9.97. The molecule has 1 heterocycles. The van der Waals surface area contributed by atoms with Gasteiger partial charge in [-0.1, -0.05) is 41.9 Å². The molecule has 0 radical (unpaired) electrons. The van der Waals surface area contributed by atoms with Crippen LogP contribution in [0.5, 0.6) is 5.75 Å². The second-order valence-corrected chi connectivity index (χ2v) is 7.52. The van der Waals surface area contributed by atoms with Crippen molar-refractivity contribution in [3.05, 3.63) is 93.0 Å². The lowest BCUT2D eigenvalue weighted by Gasteiger charge is -2.16. The quantitative estimate of drug-likeness (QED) is 0.297. The minimum Gasteiger partial charge on any atom is -0.494 e. The van der Waals surface area contributed by atoms with Crippen LogP contribution in [0.15, 0.2) is 66.7 Å². The van der Waals surface area contributed by atoms with Crippen LogP contribution in [0.4, 0.5) is 11.4 Å². The number of nitro groups is 1. The van der Waals surface area contributed by atoms with E-state index in [0.29, 0.717) is 38.4 Å². The molecule has 0 saturated heterocycles. The van der Waals surface area contributed by atoms with Gasteiger partial charge < -0.3 is 10.1 Å². The number of nitro benzene ring substituents is 1. The number of aromatic nitrogens is 1. The Bertz CT molecular complexity index is 1350. The molecule has 160 valence electrons. The van der Waals surface area contributed by atoms with Gasteiger partial charge in [0, 0.05) is 22.0 Å². The molecule has 0 aliphatic carbocycles. The normalized spacial score (nSPS) is 10.7. The van der Waals surface area contributed by atoms with E-state index in [2.05, 4.69) is 5.32 Å². The summed E-state index contributed by atoms with van der Waals surface area (Å²) in [5, 5.41) is 15.2. The second kappa shape index (κ2) is 8.64. The zero-order valence-corrected chi connectivity index (χ0v) is 18.0. The average molecular weight is 448 g/mol. The summed E-state index contributed by atoms with van der Waals surface area (Å²) in [5.74, 6) is -0.176. The van der Waals surface area contributed by atoms with E-state index in [1.807, 2.05) is 43.3 Å². The highest BCUT2D eigenvalue weighted by Gasteiger charge is 2.21. The number of hydrogen-bond acceptors (Lipinski definition) is 5. The van der Waals surface area contributed by atoms with Crippen LogP contribution in [0.1, 0.15) is 15.9 Å². The fourth-order valence-electron chi connectivity index (χ4n) is 3.57. The van der Waals surface area contributed by atoms with E-state index in [1.54, 1.807) is 12.1 Å². The minimum absolute atomic E-state index is 0.129. The van der Waals surface area contributed by atoms with Crippen molar-refractivity contribution in [2.45, 2.75) is 6.92 Å². The molecule has 0 aliphatic rings. The first kappa shape index (κ1) is 21.3. The Morgan fingerprint density at radius 1 is 1.09 bits per heavy atom. The first-order valence-electron chi connectivity index (χ1n) is 9.68. The van der Waals surface area contributed by atoms with Crippen LogP contribution < -0.4 is 10.1 Å². The van der Waals surface area contributed by atoms with Gasteiger partial charge in [-0.15, -0.1) is 0 Å². The van der Waals surface area contributed by atoms with Crippen LogP contribution in [-0.2, 0) is 0 Å². The molecule has 7 nitrogen and oxygen atoms in total. The Balaban J connectivity index is 1.83. The summed E-state index contributed by atoms with van der Waals surface area (Å²) < 4.78 is 5.25. The molecule has 3 aromatic carbocycles. The lowest BCUT2D eigenvalue weighted by Crippen LogP contribution is -2.16. The molecule has 0 unspecified atom stereocenters. The van der Waals surface area contributed by atoms with Gasteiger partial charge in [-0.05, 0) is 36.8 Å². The van der Waals surface area contributed by atoms with Crippen LogP contribution >= 0.6 is 11.6 Å². The maximum atomic E-state index is 13.4. The first-order valence-corrected chi connectivity index (χ1v) is 10.1. The van der Waals surface area contributed by atoms with Gasteiger partial charge in [-0.2, -0.15) is 0 Å². The molecule has 0 fully saturated rings. The van der Waals surface area contributed by atoms with Crippen LogP contribution in [-0.4, -0.2) is 22.9 Å². The van der Waals surface area contributed by atoms with Gasteiger partial charge in [0.25, 0.3) is 11.6 Å². The third-order valence-corrected chi connectivity index (χ3v) is 5.38. The highest BCUT2D eigenvalue weighted by atomic mass is 35.5. The first-order chi connectivity index (χ1) is 15.4. The predicted octanol–water partition coefficient (Wildman–Crippen LogP) is 6.03. The summed E-state index contributed by atoms with van der Waals surface area (Å²) in [4.78, 5) is 28.7. The fraction of sp³-hybridized carbons (Fsp3) is 0.0833. The van der Waals surface area contributed by atoms with E-state index in [1.165, 1.54) is 25.3 Å². The van der Waals surface area contributed by atoms with E-state index in [0.717, 1.165) is 5.56 Å². The van der Waals surface area contributed by atoms with E-state index < -0.39 is 4.92 Å². The van der Waals surface area contributed by atoms with Crippen molar-refractivity contribution in [3.8, 4) is 17.0 Å². The number of ether oxygens (including phenoxy) is 1. The molecule has 32 heavy (non-hydrogen) atoms. The molecule has 0 atom stereocenters. The van der Waals surface area contributed by atoms with E-state index in [-0.39, 0.29) is 17.3 Å². The van der Waals surface area contributed by atoms with E-state index >= 15 is 0 Å². The molecule has 0 aliphatic heterocycles. The standard InChI is InChI=1S/C24H18ClN3O4/c1-14-22(24(29)27-20-12-11-17(28(30)31)13-21(20)32-2)18-5-3-4-6-19(18)26-23(14)15-7-9-16(25)10-8-15/h3-13H,1-2H3,(H,27,29). The van der Waals surface area contributed by atoms with Crippen molar-refractivity contribution < 1.29 is 14.5 Å². The van der Waals surface area contributed by atoms with Crippen molar-refractivity contribution in [2.24, 2.45) is 0 Å². The number of carbonyl (C=O) groups excluding carboxylic acids is 1. The molecule has 4 aromatic rings. The lowest BCUT2D eigenvalue weighted by molar-refractivity contribution is -0.384. The summed E-state index contributed by atoms with van der Waals surface area (Å²) in [6.07, 6.45) is 0. The molecule has 1 amide bonds. The molecular weight excluding hydrogens is 430 g/mol. The van der Waals surface area contributed by atoms with Gasteiger partial charge >= 0.3 is 0 Å². The maximum Gasteiger partial charge on any atom is 0.273 e. The number of carbonyl (C=O) groups is 1. The van der Waals surface area contributed by atoms with Crippen molar-refractivity contribution in [1.29, 1.82) is 0 Å². The smallest absolute Gasteiger partial charge is 0.273 e. The summed E-state index contributed by atoms with van der Waals surface area (Å²) in [6, 6.07) is 18.7. The zero-order valence-electron chi connectivity index (χ0n) is 17.3. The summed E-state index contributed by atoms with van der Waals surface area (Å²) in [5.41, 5.74) is 3.53. The van der Waals surface area contributed by atoms with Crippen LogP contribution in [0.25, 0.3) is 22.2 Å². The van der Waals surface area contributed by atoms with Crippen LogP contribution in [0.2, 0.25) is 5.02 Å². The average Bonchev–Trinajstić information content (AvgIpc) is 2.79. The molecule has 8 heteroatoms. The Morgan fingerprint density at radius 2 is 1.81 bits per heavy atom. The Hall–Kier alpha value is -3.97. The second-order valence-electron chi connectivity index (χ2n) is 7.08. The number of para-hydroxylation sites is 1. The van der Waals surface area contributed by atoms with Crippen molar-refractivity contribution in [2.75, 3.05) is 12.4 Å². The van der Waals surface area contributed by atoms with Gasteiger partial charge in [0.2, 0.25) is 0 Å². The minimum atomic E-state index is -0.521. The fourth-order valence-corrected chi connectivity index (χ4v) is 3.70. The van der Waals surface area contributed by atoms with Gasteiger partial charge in [-0.25, -0.2) is 4.98 Å². The number of nitrogens with one attached hydrogen (secondary N) is 1. The van der Waals surface area contributed by atoms with E-state index in [4.69, 9.17) is 21.3 Å². The molecular formula is C24H18ClN3O4. The number of fused-ring (bicyclic) bond motifs is 1. The number of anilines is 1. The topological polar surface area (TPSA) is 94.4 Å². The molecule has 1 aromatic heterocycles. The Labute approximate surface area is 188 Å². The monoisotopic (exact) mass is 447 g/mol. The van der Waals surface area contributed by atoms with Crippen LogP contribution in [0, 0.1) is 17.0 Å². The summed E-state index contributed by atoms with van der Waals surface area (Å²) in [6.45, 7) is 1.84. The molecule has 0 bridgehead atoms. The van der Waals surface area contributed by atoms with Gasteiger partial charge in [-0.3, -0.25) is 14.9 Å². The number of halogens is 1. The largest absolute Gasteiger partial charge is 0.494 e. The number of hydrogen-bond donors (Lipinski definition) is 1. The molecule has 0 saturated carbocycles. The number of pyridine rings is 1. The third-order valence-electron chi connectivity index (χ3n) is 5.12. The summed E-state index contributed by atoms with van der Waals surface area (Å²) >= 11 is 6.03. The SMILES string of the molecule is COc1cc([N+](=O)[O-])ccc1NC(=O)c1c(C)c(-c2ccc(Cl)cc2)nc2ccccc12. The Kier molecular flexibility index (Phi) is 5.75. The zero-order chi connectivity index (χ0) is 22.8. The third kappa shape index (κ3) is 3.98. The molecule has 1 N–H and O–H groups in total. The highest BCUT2D eigenvalue weighted by molar-refractivity contribution is 6.30. The molecule has 4 rings (SSSR count). The van der Waals surface area contributed by atoms with Crippen LogP contribution in [0.3, 0.4) is 0 Å². The Morgan fingerprint density at radius 3 is 2.50 bits per heavy atom. The van der Waals surface area contributed by atoms with Gasteiger partial charge in [0.05, 0.1) is 40.6 Å². The number of amides is 1. The predicted molar refractivity (Wildman–Crippen MR) is 125 cm³/mol. The van der Waals surface area contributed by atoms with Gasteiger partial charge in [0.1, 0.15) is 5.75 Å². The number of non-ortho nitro benzene ring substituents is 1. The molecule has 0 spiro atoms. The highest BCUT2D eigenvalue weighted by Crippen LogP contribution is 2.33. The number of methoxy groups -OCH3 is 1. The number of rotatable bonds is 5. The summed E-state index contributed by atoms with van der Waals surface area (Å²) in [7, 11) is 1.39. The van der Waals surface area contributed by atoms with Crippen molar-refractivity contribution in [3.63, 3.8) is 0 Å². The number of benzene rings is 3. The van der Waals surface area contributed by atoms with Crippen molar-refractivity contribution in [1.82, 2.24) is 4.98 Å². The number of nitrogens with zero attached hydrogens (tertiary/aromatic N) is 2.